The lowest BCUT2D eigenvalue weighted by molar-refractivity contribution is -0.160. The maximum absolute atomic E-state index is 15.3. The van der Waals surface area contributed by atoms with E-state index in [-0.39, 0.29) is 16.5 Å². The topological polar surface area (TPSA) is 109 Å². The van der Waals surface area contributed by atoms with Crippen molar-refractivity contribution in [2.24, 2.45) is 0 Å². The number of hydrogen-bond donors (Lipinski definition) is 1. The molecule has 2 atom stereocenters. The molecule has 0 aliphatic carbocycles. The van der Waals surface area contributed by atoms with Gasteiger partial charge in [-0.05, 0) is 48.0 Å². The van der Waals surface area contributed by atoms with E-state index in [0.29, 0.717) is 39.7 Å². The number of nitrogens with zero attached hydrogens (tertiary/aromatic N) is 5. The molecule has 4 rings (SSSR count). The average Bonchev–Trinajstić information content (AvgIpc) is 3.48. The average molecular weight is 610 g/mol. The van der Waals surface area contributed by atoms with Gasteiger partial charge in [0, 0.05) is 35.1 Å². The van der Waals surface area contributed by atoms with Gasteiger partial charge in [-0.1, -0.05) is 42.3 Å². The molecule has 2 unspecified atom stereocenters. The van der Waals surface area contributed by atoms with Crippen molar-refractivity contribution < 1.29 is 28.3 Å². The number of imide groups is 1. The lowest BCUT2D eigenvalue weighted by Gasteiger charge is -2.45. The number of amides is 3. The van der Waals surface area contributed by atoms with E-state index in [2.05, 4.69) is 10.1 Å². The molecule has 14 heteroatoms. The summed E-state index contributed by atoms with van der Waals surface area (Å²) in [5.74, 6) is -3.52. The van der Waals surface area contributed by atoms with Crippen molar-refractivity contribution in [3.63, 3.8) is 0 Å². The Labute approximate surface area is 242 Å². The van der Waals surface area contributed by atoms with Crippen molar-refractivity contribution >= 4 is 58.1 Å². The first kappa shape index (κ1) is 29.7. The standard InChI is InChI=1S/C26H23Cl2F2N5O4S/c1-3-8-34(15(2)36)24(26(39,12-33-14-31-13-32-33)19-7-6-18(29)11-21(19)30)35-23(37)22(40-25(35)38)9-16-4-5-17(27)10-20(16)28/h4-7,9-11,13-14,24,39H,3,8,12H2,1-2H3/b22-9-. The zero-order chi connectivity index (χ0) is 29.2. The van der Waals surface area contributed by atoms with Gasteiger partial charge in [0.25, 0.3) is 11.1 Å². The highest BCUT2D eigenvalue weighted by atomic mass is 35.5. The fourth-order valence-corrected chi connectivity index (χ4v) is 5.77. The number of rotatable bonds is 9. The number of hydrogen-bond acceptors (Lipinski definition) is 7. The first-order valence-electron chi connectivity index (χ1n) is 12.0. The van der Waals surface area contributed by atoms with E-state index in [1.165, 1.54) is 31.7 Å². The first-order valence-corrected chi connectivity index (χ1v) is 13.5. The Bertz CT molecular complexity index is 1490. The molecule has 0 saturated carbocycles. The molecule has 1 N–H and O–H groups in total. The lowest BCUT2D eigenvalue weighted by atomic mass is 9.87. The molecule has 40 heavy (non-hydrogen) atoms. The van der Waals surface area contributed by atoms with Crippen LogP contribution in [0.5, 0.6) is 0 Å². The Morgan fingerprint density at radius 3 is 2.58 bits per heavy atom. The van der Waals surface area contributed by atoms with Crippen LogP contribution in [0.25, 0.3) is 6.08 Å². The Morgan fingerprint density at radius 2 is 1.98 bits per heavy atom. The summed E-state index contributed by atoms with van der Waals surface area (Å²) in [5, 5.41) is 16.1. The van der Waals surface area contributed by atoms with Crippen molar-refractivity contribution in [3.8, 4) is 0 Å². The molecule has 2 heterocycles. The van der Waals surface area contributed by atoms with Gasteiger partial charge < -0.3 is 10.0 Å². The Kier molecular flexibility index (Phi) is 8.93. The van der Waals surface area contributed by atoms with Crippen LogP contribution >= 0.6 is 35.0 Å². The molecule has 210 valence electrons. The van der Waals surface area contributed by atoms with Crippen LogP contribution in [-0.4, -0.2) is 59.4 Å². The molecule has 0 spiro atoms. The molecule has 1 aromatic heterocycles. The van der Waals surface area contributed by atoms with Gasteiger partial charge in [0.05, 0.1) is 11.4 Å². The number of aliphatic hydroxyl groups is 1. The highest BCUT2D eigenvalue weighted by Gasteiger charge is 2.54. The third-order valence-electron chi connectivity index (χ3n) is 6.18. The molecule has 1 fully saturated rings. The molecule has 0 radical (unpaired) electrons. The summed E-state index contributed by atoms with van der Waals surface area (Å²) < 4.78 is 30.4. The quantitative estimate of drug-likeness (QED) is 0.337. The van der Waals surface area contributed by atoms with E-state index in [4.69, 9.17) is 23.2 Å². The predicted molar refractivity (Wildman–Crippen MR) is 146 cm³/mol. The van der Waals surface area contributed by atoms with Crippen molar-refractivity contribution in [2.75, 3.05) is 6.54 Å². The Hall–Kier alpha value is -3.32. The molecule has 1 saturated heterocycles. The van der Waals surface area contributed by atoms with Crippen molar-refractivity contribution in [2.45, 2.75) is 38.6 Å². The van der Waals surface area contributed by atoms with E-state index >= 15 is 4.39 Å². The molecular weight excluding hydrogens is 587 g/mol. The normalized spacial score (nSPS) is 16.9. The fourth-order valence-electron chi connectivity index (χ4n) is 4.46. The minimum Gasteiger partial charge on any atom is -0.379 e. The summed E-state index contributed by atoms with van der Waals surface area (Å²) in [6.45, 7) is 2.39. The highest BCUT2D eigenvalue weighted by molar-refractivity contribution is 8.18. The molecule has 0 bridgehead atoms. The van der Waals surface area contributed by atoms with Gasteiger partial charge >= 0.3 is 0 Å². The summed E-state index contributed by atoms with van der Waals surface area (Å²) in [7, 11) is 0. The summed E-state index contributed by atoms with van der Waals surface area (Å²) in [6.07, 6.45) is 2.40. The number of carbonyl (C=O) groups is 3. The largest absolute Gasteiger partial charge is 0.379 e. The molecule has 9 nitrogen and oxygen atoms in total. The minimum atomic E-state index is -2.49. The molecule has 3 aromatic rings. The molecular formula is C26H23Cl2F2N5O4S. The SMILES string of the molecule is CCCN(C(C)=O)C(N1C(=O)S/C(=C\c2ccc(Cl)cc2Cl)C1=O)C(O)(Cn1cncn1)c1ccc(F)cc1F. The van der Waals surface area contributed by atoms with Crippen LogP contribution in [0.15, 0.2) is 54.0 Å². The number of benzene rings is 2. The van der Waals surface area contributed by atoms with Crippen LogP contribution in [0.2, 0.25) is 10.0 Å². The van der Waals surface area contributed by atoms with Crippen LogP contribution in [-0.2, 0) is 21.7 Å². The molecule has 1 aliphatic rings. The third-order valence-corrected chi connectivity index (χ3v) is 7.62. The van der Waals surface area contributed by atoms with Crippen LogP contribution in [0.4, 0.5) is 13.6 Å². The maximum Gasteiger partial charge on any atom is 0.295 e. The van der Waals surface area contributed by atoms with Crippen LogP contribution in [0.3, 0.4) is 0 Å². The maximum atomic E-state index is 15.3. The van der Waals surface area contributed by atoms with Crippen LogP contribution < -0.4 is 0 Å². The first-order chi connectivity index (χ1) is 19.0. The van der Waals surface area contributed by atoms with Gasteiger partial charge in [-0.2, -0.15) is 5.10 Å². The number of aromatic nitrogens is 3. The van der Waals surface area contributed by atoms with E-state index in [9.17, 15) is 23.9 Å². The highest BCUT2D eigenvalue weighted by Crippen LogP contribution is 2.42. The number of thioether (sulfide) groups is 1. The minimum absolute atomic E-state index is 0.00767. The molecule has 2 aromatic carbocycles. The van der Waals surface area contributed by atoms with E-state index in [1.54, 1.807) is 19.1 Å². The van der Waals surface area contributed by atoms with Crippen molar-refractivity contribution in [1.82, 2.24) is 24.6 Å². The third kappa shape index (κ3) is 5.90. The van der Waals surface area contributed by atoms with Gasteiger partial charge in [-0.15, -0.1) is 0 Å². The van der Waals surface area contributed by atoms with E-state index in [1.807, 2.05) is 0 Å². The number of halogens is 4. The fraction of sp³-hybridized carbons (Fsp3) is 0.269. The van der Waals surface area contributed by atoms with Gasteiger partial charge in [-0.25, -0.2) is 23.3 Å². The smallest absolute Gasteiger partial charge is 0.295 e. The summed E-state index contributed by atoms with van der Waals surface area (Å²) in [6, 6.07) is 7.07. The Morgan fingerprint density at radius 1 is 1.23 bits per heavy atom. The van der Waals surface area contributed by atoms with Crippen molar-refractivity contribution in [1.29, 1.82) is 0 Å². The second kappa shape index (κ2) is 12.0. The van der Waals surface area contributed by atoms with Crippen LogP contribution in [0.1, 0.15) is 31.4 Å². The van der Waals surface area contributed by atoms with E-state index in [0.717, 1.165) is 21.7 Å². The monoisotopic (exact) mass is 609 g/mol. The van der Waals surface area contributed by atoms with Gasteiger partial charge in [-0.3, -0.25) is 14.4 Å². The summed E-state index contributed by atoms with van der Waals surface area (Å²) in [5.41, 5.74) is -2.56. The van der Waals surface area contributed by atoms with Crippen molar-refractivity contribution in [3.05, 3.63) is 86.8 Å². The molecule has 3 amide bonds. The predicted octanol–water partition coefficient (Wildman–Crippen LogP) is 5.07. The Balaban J connectivity index is 1.92. The lowest BCUT2D eigenvalue weighted by Crippen LogP contribution is -2.64. The van der Waals surface area contributed by atoms with Gasteiger partial charge in [0.2, 0.25) is 5.91 Å². The molecule has 1 aliphatic heterocycles. The van der Waals surface area contributed by atoms with Gasteiger partial charge in [0.1, 0.15) is 24.3 Å². The number of carbonyl (C=O) groups excluding carboxylic acids is 3. The van der Waals surface area contributed by atoms with E-state index < -0.39 is 52.6 Å². The summed E-state index contributed by atoms with van der Waals surface area (Å²) >= 11 is 12.8. The summed E-state index contributed by atoms with van der Waals surface area (Å²) in [4.78, 5) is 45.8. The zero-order valence-corrected chi connectivity index (χ0v) is 23.6. The second-order valence-corrected chi connectivity index (χ2v) is 10.8. The second-order valence-electron chi connectivity index (χ2n) is 8.95. The van der Waals surface area contributed by atoms with Gasteiger partial charge in [0.15, 0.2) is 11.8 Å². The zero-order valence-electron chi connectivity index (χ0n) is 21.2. The van der Waals surface area contributed by atoms with Crippen LogP contribution in [0, 0.1) is 11.6 Å².